The largest absolute Gasteiger partial charge is 0.493 e. The Balaban J connectivity index is 0.000000612. The summed E-state index contributed by atoms with van der Waals surface area (Å²) in [6, 6.07) is 6.02. The van der Waals surface area contributed by atoms with Gasteiger partial charge in [0.25, 0.3) is 0 Å². The van der Waals surface area contributed by atoms with E-state index in [0.29, 0.717) is 18.8 Å². The maximum Gasteiger partial charge on any atom is 0.414 e. The molecule has 1 aromatic carbocycles. The van der Waals surface area contributed by atoms with Crippen LogP contribution in [0.15, 0.2) is 24.3 Å². The van der Waals surface area contributed by atoms with Crippen LogP contribution in [0.25, 0.3) is 6.08 Å². The highest BCUT2D eigenvalue weighted by atomic mass is 16.5. The third kappa shape index (κ3) is 9.45. The van der Waals surface area contributed by atoms with E-state index < -0.39 is 11.9 Å². The van der Waals surface area contributed by atoms with Crippen LogP contribution >= 0.6 is 0 Å². The minimum Gasteiger partial charge on any atom is -0.493 e. The van der Waals surface area contributed by atoms with Gasteiger partial charge in [0, 0.05) is 19.6 Å². The van der Waals surface area contributed by atoms with Crippen molar-refractivity contribution in [3.63, 3.8) is 0 Å². The van der Waals surface area contributed by atoms with E-state index in [1.54, 1.807) is 7.11 Å². The molecule has 2 atom stereocenters. The molecular weight excluding hydrogens is 378 g/mol. The zero-order chi connectivity index (χ0) is 21.8. The molecule has 0 radical (unpaired) electrons. The number of allylic oxidation sites excluding steroid dienone is 1. The highest BCUT2D eigenvalue weighted by Crippen LogP contribution is 2.28. The number of hydrogen-bond donors (Lipinski definition) is 2. The smallest absolute Gasteiger partial charge is 0.414 e. The van der Waals surface area contributed by atoms with Gasteiger partial charge in [-0.2, -0.15) is 0 Å². The van der Waals surface area contributed by atoms with Gasteiger partial charge in [-0.15, -0.1) is 0 Å². The molecule has 2 N–H and O–H groups in total. The molecule has 29 heavy (non-hydrogen) atoms. The number of methoxy groups -OCH3 is 1. The number of morpholine rings is 1. The molecule has 8 nitrogen and oxygen atoms in total. The van der Waals surface area contributed by atoms with Gasteiger partial charge in [0.2, 0.25) is 0 Å². The Bertz CT molecular complexity index is 668. The third-order valence-electron chi connectivity index (χ3n) is 4.10. The molecule has 1 aliphatic rings. The van der Waals surface area contributed by atoms with Gasteiger partial charge >= 0.3 is 11.9 Å². The quantitative estimate of drug-likeness (QED) is 0.523. The van der Waals surface area contributed by atoms with Crippen molar-refractivity contribution >= 4 is 18.0 Å². The summed E-state index contributed by atoms with van der Waals surface area (Å²) in [5, 5.41) is 14.8. The first kappa shape index (κ1) is 24.5. The van der Waals surface area contributed by atoms with E-state index in [2.05, 4.69) is 18.7 Å². The van der Waals surface area contributed by atoms with Crippen LogP contribution in [0.2, 0.25) is 0 Å². The maximum absolute atomic E-state index is 9.10. The highest BCUT2D eigenvalue weighted by Gasteiger charge is 2.21. The van der Waals surface area contributed by atoms with Crippen molar-refractivity contribution in [2.75, 3.05) is 33.4 Å². The van der Waals surface area contributed by atoms with Crippen LogP contribution < -0.4 is 9.47 Å². The molecule has 0 saturated carbocycles. The summed E-state index contributed by atoms with van der Waals surface area (Å²) in [6.07, 6.45) is 5.70. The molecule has 0 amide bonds. The Morgan fingerprint density at radius 3 is 2.31 bits per heavy atom. The molecule has 0 aliphatic carbocycles. The fourth-order valence-electron chi connectivity index (χ4n) is 3.04. The van der Waals surface area contributed by atoms with Crippen molar-refractivity contribution in [2.45, 2.75) is 39.4 Å². The zero-order valence-electron chi connectivity index (χ0n) is 17.5. The van der Waals surface area contributed by atoms with Crippen LogP contribution in [0.5, 0.6) is 11.5 Å². The second kappa shape index (κ2) is 12.8. The molecule has 1 saturated heterocycles. The van der Waals surface area contributed by atoms with Crippen molar-refractivity contribution in [2.24, 2.45) is 0 Å². The number of rotatable bonds is 7. The van der Waals surface area contributed by atoms with E-state index >= 15 is 0 Å². The second-order valence-corrected chi connectivity index (χ2v) is 6.74. The molecule has 0 spiro atoms. The van der Waals surface area contributed by atoms with Crippen LogP contribution in [0.1, 0.15) is 32.8 Å². The summed E-state index contributed by atoms with van der Waals surface area (Å²) >= 11 is 0. The van der Waals surface area contributed by atoms with Gasteiger partial charge in [-0.3, -0.25) is 4.90 Å². The lowest BCUT2D eigenvalue weighted by atomic mass is 10.2. The number of carbonyl (C=O) groups is 2. The minimum atomic E-state index is -1.82. The number of carboxylic acids is 2. The molecule has 1 heterocycles. The average molecular weight is 409 g/mol. The predicted octanol–water partition coefficient (Wildman–Crippen LogP) is 2.76. The molecular formula is C21H31NO7. The Morgan fingerprint density at radius 2 is 1.79 bits per heavy atom. The second-order valence-electron chi connectivity index (χ2n) is 6.74. The molecule has 1 fully saturated rings. The number of benzene rings is 1. The SMILES string of the molecule is C/C=C/c1ccc(OCCCN2CC(C)OC(C)C2)c(OC)c1.O=C(O)C(=O)O. The van der Waals surface area contributed by atoms with Gasteiger partial charge in [-0.1, -0.05) is 18.2 Å². The summed E-state index contributed by atoms with van der Waals surface area (Å²) < 4.78 is 17.1. The third-order valence-corrected chi connectivity index (χ3v) is 4.10. The first-order valence-electron chi connectivity index (χ1n) is 9.54. The predicted molar refractivity (Wildman–Crippen MR) is 110 cm³/mol. The normalized spacial score (nSPS) is 19.3. The van der Waals surface area contributed by atoms with Crippen LogP contribution in [0.4, 0.5) is 0 Å². The lowest BCUT2D eigenvalue weighted by molar-refractivity contribution is -0.159. The molecule has 2 rings (SSSR count). The number of carboxylic acid groups (broad SMARTS) is 2. The van der Waals surface area contributed by atoms with Gasteiger partial charge in [0.05, 0.1) is 25.9 Å². The van der Waals surface area contributed by atoms with Gasteiger partial charge < -0.3 is 24.4 Å². The first-order valence-corrected chi connectivity index (χ1v) is 9.54. The lowest BCUT2D eigenvalue weighted by Crippen LogP contribution is -2.45. The molecule has 2 unspecified atom stereocenters. The lowest BCUT2D eigenvalue weighted by Gasteiger charge is -2.35. The average Bonchev–Trinajstić information content (AvgIpc) is 2.66. The fourth-order valence-corrected chi connectivity index (χ4v) is 3.04. The summed E-state index contributed by atoms with van der Waals surface area (Å²) in [5.74, 6) is -2.05. The van der Waals surface area contributed by atoms with Crippen LogP contribution in [0, 0.1) is 0 Å². The Labute approximate surface area is 171 Å². The van der Waals surface area contributed by atoms with Gasteiger partial charge in [-0.25, -0.2) is 9.59 Å². The summed E-state index contributed by atoms with van der Waals surface area (Å²) in [6.45, 7) is 10.0. The Morgan fingerprint density at radius 1 is 1.17 bits per heavy atom. The van der Waals surface area contributed by atoms with E-state index in [9.17, 15) is 0 Å². The molecule has 162 valence electrons. The monoisotopic (exact) mass is 409 g/mol. The van der Waals surface area contributed by atoms with Crippen molar-refractivity contribution in [3.8, 4) is 11.5 Å². The van der Waals surface area contributed by atoms with Crippen molar-refractivity contribution < 1.29 is 34.0 Å². The van der Waals surface area contributed by atoms with E-state index in [1.165, 1.54) is 0 Å². The van der Waals surface area contributed by atoms with Crippen molar-refractivity contribution in [1.29, 1.82) is 0 Å². The summed E-state index contributed by atoms with van der Waals surface area (Å²) in [5.41, 5.74) is 1.12. The topological polar surface area (TPSA) is 106 Å². The van der Waals surface area contributed by atoms with Crippen molar-refractivity contribution in [3.05, 3.63) is 29.8 Å². The molecule has 1 aromatic rings. The molecule has 0 bridgehead atoms. The molecule has 8 heteroatoms. The summed E-state index contributed by atoms with van der Waals surface area (Å²) in [7, 11) is 1.68. The van der Waals surface area contributed by atoms with Gasteiger partial charge in [-0.05, 0) is 44.9 Å². The number of nitrogens with zero attached hydrogens (tertiary/aromatic N) is 1. The zero-order valence-corrected chi connectivity index (χ0v) is 17.5. The van der Waals surface area contributed by atoms with Crippen LogP contribution in [0.3, 0.4) is 0 Å². The van der Waals surface area contributed by atoms with Crippen molar-refractivity contribution in [1.82, 2.24) is 4.90 Å². The number of hydrogen-bond acceptors (Lipinski definition) is 6. The van der Waals surface area contributed by atoms with Gasteiger partial charge in [0.1, 0.15) is 0 Å². The maximum atomic E-state index is 9.10. The highest BCUT2D eigenvalue weighted by molar-refractivity contribution is 6.27. The van der Waals surface area contributed by atoms with E-state index in [-0.39, 0.29) is 0 Å². The molecule has 1 aliphatic heterocycles. The summed E-state index contributed by atoms with van der Waals surface area (Å²) in [4.78, 5) is 20.7. The number of ether oxygens (including phenoxy) is 3. The van der Waals surface area contributed by atoms with E-state index in [1.807, 2.05) is 37.3 Å². The minimum absolute atomic E-state index is 0.318. The van der Waals surface area contributed by atoms with Crippen LogP contribution in [-0.4, -0.2) is 72.6 Å². The van der Waals surface area contributed by atoms with Crippen LogP contribution in [-0.2, 0) is 14.3 Å². The Kier molecular flexibility index (Phi) is 10.8. The van der Waals surface area contributed by atoms with Gasteiger partial charge in [0.15, 0.2) is 11.5 Å². The number of aliphatic carboxylic acids is 2. The fraction of sp³-hybridized carbons (Fsp3) is 0.524. The standard InChI is InChI=1S/C19H29NO3.C2H2O4/c1-5-7-17-8-9-18(19(12-17)21-4)22-11-6-10-20-13-15(2)23-16(3)14-20;3-1(4)2(5)6/h5,7-9,12,15-16H,6,10-11,13-14H2,1-4H3;(H,3,4)(H,5,6)/b7-5+;. The Hall–Kier alpha value is -2.58. The van der Waals surface area contributed by atoms with E-state index in [0.717, 1.165) is 43.1 Å². The first-order chi connectivity index (χ1) is 13.8. The van der Waals surface area contributed by atoms with E-state index in [4.69, 9.17) is 34.0 Å². The molecule has 0 aromatic heterocycles.